The molecule has 0 bridgehead atoms. The minimum Gasteiger partial charge on any atom is -0.494 e. The van der Waals surface area contributed by atoms with Gasteiger partial charge in [0.15, 0.2) is 0 Å². The van der Waals surface area contributed by atoms with Crippen LogP contribution in [-0.4, -0.2) is 31.4 Å². The van der Waals surface area contributed by atoms with Crippen LogP contribution in [-0.2, 0) is 11.2 Å². The van der Waals surface area contributed by atoms with Crippen molar-refractivity contribution >= 4 is 6.09 Å². The number of carbonyl (C=O) groups excluding carboxylic acids is 1. The van der Waals surface area contributed by atoms with E-state index in [1.165, 1.54) is 0 Å². The van der Waals surface area contributed by atoms with Crippen molar-refractivity contribution in [2.75, 3.05) is 19.7 Å². The van der Waals surface area contributed by atoms with Crippen molar-refractivity contribution in [1.82, 2.24) is 5.32 Å². The molecule has 0 heterocycles. The van der Waals surface area contributed by atoms with Crippen molar-refractivity contribution in [3.63, 3.8) is 0 Å². The fourth-order valence-corrected chi connectivity index (χ4v) is 2.61. The van der Waals surface area contributed by atoms with Gasteiger partial charge in [-0.3, -0.25) is 0 Å². The average molecular weight is 431 g/mol. The lowest BCUT2D eigenvalue weighted by molar-refractivity contribution is 0.0528. The van der Waals surface area contributed by atoms with Gasteiger partial charge in [-0.25, -0.2) is 4.79 Å². The van der Waals surface area contributed by atoms with Gasteiger partial charge >= 0.3 is 6.09 Å². The molecular weight excluding hydrogens is 392 g/mol. The number of carbonyl (C=O) groups is 1. The van der Waals surface area contributed by atoms with Gasteiger partial charge in [0.05, 0.1) is 6.61 Å². The molecule has 0 unspecified atom stereocenters. The first-order chi connectivity index (χ1) is 14.8. The molecule has 2 rings (SSSR count). The van der Waals surface area contributed by atoms with Crippen LogP contribution in [0.4, 0.5) is 4.79 Å². The monoisotopic (exact) mass is 430 g/mol. The molecule has 0 aliphatic heterocycles. The van der Waals surface area contributed by atoms with Crippen LogP contribution in [0.15, 0.2) is 42.5 Å². The van der Waals surface area contributed by atoms with E-state index in [2.05, 4.69) is 11.4 Å². The van der Waals surface area contributed by atoms with Crippen LogP contribution < -0.4 is 20.5 Å². The molecule has 6 nitrogen and oxygen atoms in total. The molecule has 0 aromatic heterocycles. The van der Waals surface area contributed by atoms with E-state index in [9.17, 15) is 4.79 Å². The Bertz CT molecular complexity index is 783. The summed E-state index contributed by atoms with van der Waals surface area (Å²) in [6, 6.07) is 13.6. The van der Waals surface area contributed by atoms with E-state index in [-0.39, 0.29) is 0 Å². The highest BCUT2D eigenvalue weighted by Gasteiger charge is 2.15. The molecule has 0 saturated heterocycles. The van der Waals surface area contributed by atoms with E-state index in [1.54, 1.807) is 0 Å². The van der Waals surface area contributed by atoms with Crippen LogP contribution in [0.1, 0.15) is 52.2 Å². The molecule has 0 aliphatic rings. The Morgan fingerprint density at radius 2 is 1.68 bits per heavy atom. The second-order valence-electron chi connectivity index (χ2n) is 7.84. The van der Waals surface area contributed by atoms with Crippen molar-refractivity contribution in [3.05, 3.63) is 53.6 Å². The number of nitrogens with one attached hydrogen (secondary N) is 1. The molecule has 0 aliphatic carbocycles. The largest absolute Gasteiger partial charge is 0.494 e. The second-order valence-corrected chi connectivity index (χ2v) is 7.84. The quantitative estimate of drug-likeness (QED) is 0.505. The fraction of sp³-hybridized carbons (Fsp3) is 0.480. The molecule has 0 atom stereocenters. The first-order valence-corrected chi connectivity index (χ1v) is 10.9. The SMILES string of the molecule is CC.Cc1cc(CCNC(=O)OC(C)(C)C)ccc1Oc1ccc(OCCCN)cc1. The standard InChI is InChI=1S/C23H32N2O4.C2H6/c1-17-16-18(12-14-25-22(26)29-23(2,3)4)6-11-21(17)28-20-9-7-19(8-10-20)27-15-5-13-24;1-2/h6-11,16H,5,12-15,24H2,1-4H3,(H,25,26);1-2H3. The molecule has 2 aromatic carbocycles. The number of rotatable bonds is 9. The van der Waals surface area contributed by atoms with Crippen LogP contribution in [0, 0.1) is 6.92 Å². The summed E-state index contributed by atoms with van der Waals surface area (Å²) in [4.78, 5) is 11.7. The van der Waals surface area contributed by atoms with Crippen molar-refractivity contribution in [3.8, 4) is 17.2 Å². The third-order valence-corrected chi connectivity index (χ3v) is 3.99. The zero-order chi connectivity index (χ0) is 23.3. The van der Waals surface area contributed by atoms with Gasteiger partial charge in [-0.2, -0.15) is 0 Å². The number of nitrogens with two attached hydrogens (primary N) is 1. The third kappa shape index (κ3) is 10.7. The van der Waals surface area contributed by atoms with Crippen LogP contribution >= 0.6 is 0 Å². The first-order valence-electron chi connectivity index (χ1n) is 10.9. The summed E-state index contributed by atoms with van der Waals surface area (Å²) in [5, 5.41) is 2.77. The third-order valence-electron chi connectivity index (χ3n) is 3.99. The molecule has 2 aromatic rings. The molecular formula is C25H38N2O4. The normalized spacial score (nSPS) is 10.5. The fourth-order valence-electron chi connectivity index (χ4n) is 2.61. The Morgan fingerprint density at radius 3 is 2.26 bits per heavy atom. The Labute approximate surface area is 187 Å². The smallest absolute Gasteiger partial charge is 0.407 e. The van der Waals surface area contributed by atoms with Gasteiger partial charge in [-0.15, -0.1) is 0 Å². The predicted molar refractivity (Wildman–Crippen MR) is 126 cm³/mol. The zero-order valence-corrected chi connectivity index (χ0v) is 19.8. The Morgan fingerprint density at radius 1 is 1.03 bits per heavy atom. The van der Waals surface area contributed by atoms with Gasteiger partial charge in [0.2, 0.25) is 0 Å². The summed E-state index contributed by atoms with van der Waals surface area (Å²) in [6.07, 6.45) is 1.15. The van der Waals surface area contributed by atoms with Crippen LogP contribution in [0.25, 0.3) is 0 Å². The van der Waals surface area contributed by atoms with Gasteiger partial charge in [-0.05, 0) is 88.5 Å². The molecule has 0 radical (unpaired) electrons. The number of aryl methyl sites for hydroxylation is 1. The van der Waals surface area contributed by atoms with Crippen molar-refractivity contribution < 1.29 is 19.0 Å². The van der Waals surface area contributed by atoms with Crippen LogP contribution in [0.3, 0.4) is 0 Å². The minimum absolute atomic E-state index is 0.398. The Kier molecular flexibility index (Phi) is 11.5. The number of amides is 1. The maximum Gasteiger partial charge on any atom is 0.407 e. The lowest BCUT2D eigenvalue weighted by atomic mass is 10.1. The summed E-state index contributed by atoms with van der Waals surface area (Å²) >= 11 is 0. The van der Waals surface area contributed by atoms with E-state index >= 15 is 0 Å². The van der Waals surface area contributed by atoms with Gasteiger partial charge in [0, 0.05) is 6.54 Å². The van der Waals surface area contributed by atoms with Crippen molar-refractivity contribution in [2.24, 2.45) is 5.73 Å². The highest BCUT2D eigenvalue weighted by atomic mass is 16.6. The van der Waals surface area contributed by atoms with E-state index in [0.717, 1.165) is 41.2 Å². The summed E-state index contributed by atoms with van der Waals surface area (Å²) in [6.45, 7) is 13.3. The topological polar surface area (TPSA) is 82.8 Å². The highest BCUT2D eigenvalue weighted by Crippen LogP contribution is 2.27. The van der Waals surface area contributed by atoms with Crippen LogP contribution in [0.5, 0.6) is 17.2 Å². The van der Waals surface area contributed by atoms with Gasteiger partial charge in [0.25, 0.3) is 0 Å². The number of ether oxygens (including phenoxy) is 3. The van der Waals surface area contributed by atoms with Gasteiger partial charge in [0.1, 0.15) is 22.8 Å². The average Bonchev–Trinajstić information content (AvgIpc) is 2.71. The number of alkyl carbamates (subject to hydrolysis) is 1. The van der Waals surface area contributed by atoms with E-state index < -0.39 is 11.7 Å². The summed E-state index contributed by atoms with van der Waals surface area (Å²) in [5.74, 6) is 2.35. The first kappa shape index (κ1) is 26.3. The van der Waals surface area contributed by atoms with Gasteiger partial charge < -0.3 is 25.3 Å². The molecule has 3 N–H and O–H groups in total. The Hall–Kier alpha value is -2.73. The van der Waals surface area contributed by atoms with Crippen molar-refractivity contribution in [2.45, 2.75) is 60.0 Å². The van der Waals surface area contributed by atoms with E-state index in [0.29, 0.717) is 19.7 Å². The lowest BCUT2D eigenvalue weighted by Crippen LogP contribution is -2.33. The van der Waals surface area contributed by atoms with Crippen molar-refractivity contribution in [1.29, 1.82) is 0 Å². The lowest BCUT2D eigenvalue weighted by Gasteiger charge is -2.19. The van der Waals surface area contributed by atoms with Crippen LogP contribution in [0.2, 0.25) is 0 Å². The Balaban J connectivity index is 0.00000233. The maximum absolute atomic E-state index is 11.7. The molecule has 1 amide bonds. The minimum atomic E-state index is -0.492. The van der Waals surface area contributed by atoms with Gasteiger partial charge in [-0.1, -0.05) is 26.0 Å². The van der Waals surface area contributed by atoms with E-state index in [1.807, 2.05) is 77.9 Å². The van der Waals surface area contributed by atoms with E-state index in [4.69, 9.17) is 19.9 Å². The molecule has 6 heteroatoms. The number of hydrogen-bond acceptors (Lipinski definition) is 5. The molecule has 0 saturated carbocycles. The molecule has 0 spiro atoms. The number of benzene rings is 2. The number of hydrogen-bond donors (Lipinski definition) is 2. The predicted octanol–water partition coefficient (Wildman–Crippen LogP) is 5.61. The maximum atomic E-state index is 11.7. The molecule has 0 fully saturated rings. The highest BCUT2D eigenvalue weighted by molar-refractivity contribution is 5.67. The summed E-state index contributed by atoms with van der Waals surface area (Å²) in [7, 11) is 0. The molecule has 31 heavy (non-hydrogen) atoms. The second kappa shape index (κ2) is 13.5. The zero-order valence-electron chi connectivity index (χ0n) is 19.8. The summed E-state index contributed by atoms with van der Waals surface area (Å²) in [5.41, 5.74) is 7.12. The summed E-state index contributed by atoms with van der Waals surface area (Å²) < 4.78 is 16.8. The molecule has 172 valence electrons.